The molecule has 150 valence electrons. The summed E-state index contributed by atoms with van der Waals surface area (Å²) in [6.07, 6.45) is 3.67. The van der Waals surface area contributed by atoms with Crippen molar-refractivity contribution in [3.05, 3.63) is 59.9 Å². The van der Waals surface area contributed by atoms with Crippen molar-refractivity contribution < 1.29 is 14.3 Å². The molecule has 6 nitrogen and oxygen atoms in total. The van der Waals surface area contributed by atoms with Crippen molar-refractivity contribution in [1.82, 2.24) is 9.55 Å². The largest absolute Gasteiger partial charge is 0.486 e. The first kappa shape index (κ1) is 19.4. The summed E-state index contributed by atoms with van der Waals surface area (Å²) in [5.74, 6) is 1.26. The minimum absolute atomic E-state index is 0.0960. The first-order valence-corrected chi connectivity index (χ1v) is 10.4. The molecule has 1 aromatic heterocycles. The van der Waals surface area contributed by atoms with Crippen LogP contribution in [-0.4, -0.2) is 33.9 Å². The normalized spacial score (nSPS) is 13.8. The number of benzene rings is 2. The van der Waals surface area contributed by atoms with Gasteiger partial charge in [0.1, 0.15) is 13.2 Å². The topological polar surface area (TPSA) is 65.4 Å². The molecule has 7 heteroatoms. The molecule has 1 amide bonds. The third-order valence-corrected chi connectivity index (χ3v) is 5.92. The number of carbonyl (C=O) groups excluding carboxylic acids is 1. The van der Waals surface area contributed by atoms with E-state index in [2.05, 4.69) is 42.3 Å². The number of hydrogen-bond donors (Lipinski definition) is 1. The Kier molecular flexibility index (Phi) is 5.49. The van der Waals surface area contributed by atoms with Crippen molar-refractivity contribution in [3.63, 3.8) is 0 Å². The Labute approximate surface area is 174 Å². The molecular weight excluding hydrogens is 386 g/mol. The maximum Gasteiger partial charge on any atom is 0.237 e. The SMILES string of the molecule is Cc1ccc(-n2ccnc2S[C@H](C)C(=O)Nc2ccc3c(c2)OCCO3)cc1C. The number of fused-ring (bicyclic) bond motifs is 1. The Bertz CT molecular complexity index is 1050. The molecule has 0 radical (unpaired) electrons. The summed E-state index contributed by atoms with van der Waals surface area (Å²) in [4.78, 5) is 17.2. The van der Waals surface area contributed by atoms with Crippen LogP contribution in [0.2, 0.25) is 0 Å². The number of aromatic nitrogens is 2. The van der Waals surface area contributed by atoms with Crippen molar-refractivity contribution in [3.8, 4) is 17.2 Å². The summed E-state index contributed by atoms with van der Waals surface area (Å²) in [5, 5.41) is 3.40. The van der Waals surface area contributed by atoms with Gasteiger partial charge in [-0.3, -0.25) is 9.36 Å². The zero-order chi connectivity index (χ0) is 20.4. The van der Waals surface area contributed by atoms with E-state index in [0.717, 1.165) is 10.8 Å². The molecule has 3 aromatic rings. The zero-order valence-corrected chi connectivity index (χ0v) is 17.5. The second kappa shape index (κ2) is 8.21. The van der Waals surface area contributed by atoms with Gasteiger partial charge in [-0.25, -0.2) is 4.98 Å². The second-order valence-corrected chi connectivity index (χ2v) is 8.26. The van der Waals surface area contributed by atoms with Crippen LogP contribution >= 0.6 is 11.8 Å². The van der Waals surface area contributed by atoms with E-state index >= 15 is 0 Å². The van der Waals surface area contributed by atoms with Crippen molar-refractivity contribution in [2.24, 2.45) is 0 Å². The summed E-state index contributed by atoms with van der Waals surface area (Å²) in [6, 6.07) is 11.7. The lowest BCUT2D eigenvalue weighted by Gasteiger charge is -2.19. The molecule has 1 aliphatic rings. The van der Waals surface area contributed by atoms with E-state index in [9.17, 15) is 4.79 Å². The molecule has 2 aromatic carbocycles. The van der Waals surface area contributed by atoms with E-state index in [0.29, 0.717) is 30.4 Å². The average Bonchev–Trinajstić information content (AvgIpc) is 3.18. The first-order valence-electron chi connectivity index (χ1n) is 9.49. The van der Waals surface area contributed by atoms with Crippen LogP contribution in [0.3, 0.4) is 0 Å². The molecule has 0 aliphatic carbocycles. The summed E-state index contributed by atoms with van der Waals surface area (Å²) >= 11 is 1.42. The molecule has 0 saturated carbocycles. The Balaban J connectivity index is 1.46. The molecule has 1 aliphatic heterocycles. The third kappa shape index (κ3) is 4.24. The lowest BCUT2D eigenvalue weighted by molar-refractivity contribution is -0.115. The number of aryl methyl sites for hydroxylation is 2. The molecule has 4 rings (SSSR count). The van der Waals surface area contributed by atoms with Crippen molar-refractivity contribution in [2.45, 2.75) is 31.2 Å². The number of carbonyl (C=O) groups is 1. The van der Waals surface area contributed by atoms with Gasteiger partial charge in [-0.1, -0.05) is 17.8 Å². The van der Waals surface area contributed by atoms with Crippen molar-refractivity contribution in [1.29, 1.82) is 0 Å². The smallest absolute Gasteiger partial charge is 0.237 e. The average molecular weight is 410 g/mol. The van der Waals surface area contributed by atoms with Crippen LogP contribution in [0.4, 0.5) is 5.69 Å². The fraction of sp³-hybridized carbons (Fsp3) is 0.273. The highest BCUT2D eigenvalue weighted by atomic mass is 32.2. The molecule has 0 unspecified atom stereocenters. The monoisotopic (exact) mass is 409 g/mol. The van der Waals surface area contributed by atoms with Crippen LogP contribution in [-0.2, 0) is 4.79 Å². The Morgan fingerprint density at radius 2 is 1.90 bits per heavy atom. The zero-order valence-electron chi connectivity index (χ0n) is 16.6. The van der Waals surface area contributed by atoms with Crippen molar-refractivity contribution >= 4 is 23.4 Å². The van der Waals surface area contributed by atoms with Crippen LogP contribution in [0.15, 0.2) is 53.9 Å². The molecule has 1 N–H and O–H groups in total. The fourth-order valence-corrected chi connectivity index (χ4v) is 3.91. The maximum absolute atomic E-state index is 12.7. The maximum atomic E-state index is 12.7. The van der Waals surface area contributed by atoms with Crippen LogP contribution < -0.4 is 14.8 Å². The van der Waals surface area contributed by atoms with Gasteiger partial charge in [0.25, 0.3) is 0 Å². The molecule has 0 saturated heterocycles. The standard InChI is InChI=1S/C22H23N3O3S/c1-14-4-6-18(12-15(14)2)25-9-8-23-22(25)29-16(3)21(26)24-17-5-7-19-20(13-17)28-11-10-27-19/h4-9,12-13,16H,10-11H2,1-3H3,(H,24,26)/t16-/m1/s1. The number of ether oxygens (including phenoxy) is 2. The number of amides is 1. The van der Waals surface area contributed by atoms with Crippen LogP contribution in [0.5, 0.6) is 11.5 Å². The highest BCUT2D eigenvalue weighted by Gasteiger charge is 2.19. The van der Waals surface area contributed by atoms with Gasteiger partial charge in [-0.15, -0.1) is 0 Å². The predicted octanol–water partition coefficient (Wildman–Crippen LogP) is 4.38. The summed E-state index contributed by atoms with van der Waals surface area (Å²) in [5.41, 5.74) is 4.18. The van der Waals surface area contributed by atoms with E-state index in [4.69, 9.17) is 9.47 Å². The number of nitrogens with zero attached hydrogens (tertiary/aromatic N) is 2. The van der Waals surface area contributed by atoms with Crippen LogP contribution in [0, 0.1) is 13.8 Å². The number of hydrogen-bond acceptors (Lipinski definition) is 5. The van der Waals surface area contributed by atoms with Crippen LogP contribution in [0.25, 0.3) is 5.69 Å². The van der Waals surface area contributed by atoms with E-state index in [1.807, 2.05) is 29.8 Å². The predicted molar refractivity (Wildman–Crippen MR) is 114 cm³/mol. The number of anilines is 1. The van der Waals surface area contributed by atoms with Gasteiger partial charge in [-0.05, 0) is 56.2 Å². The molecule has 1 atom stereocenters. The fourth-order valence-electron chi connectivity index (χ4n) is 3.03. The van der Waals surface area contributed by atoms with E-state index in [1.165, 1.54) is 22.9 Å². The minimum Gasteiger partial charge on any atom is -0.486 e. The number of thioether (sulfide) groups is 1. The van der Waals surface area contributed by atoms with Gasteiger partial charge < -0.3 is 14.8 Å². The van der Waals surface area contributed by atoms with E-state index in [-0.39, 0.29) is 11.2 Å². The van der Waals surface area contributed by atoms with Gasteiger partial charge in [0.05, 0.1) is 5.25 Å². The van der Waals surface area contributed by atoms with Gasteiger partial charge in [0.2, 0.25) is 5.91 Å². The molecule has 2 heterocycles. The Morgan fingerprint density at radius 3 is 2.69 bits per heavy atom. The summed E-state index contributed by atoms with van der Waals surface area (Å²) in [6.45, 7) is 7.10. The highest BCUT2D eigenvalue weighted by Crippen LogP contribution is 2.33. The molecule has 0 bridgehead atoms. The number of rotatable bonds is 5. The van der Waals surface area contributed by atoms with Gasteiger partial charge in [0.15, 0.2) is 16.7 Å². The Morgan fingerprint density at radius 1 is 1.10 bits per heavy atom. The summed E-state index contributed by atoms with van der Waals surface area (Å²) in [7, 11) is 0. The lowest BCUT2D eigenvalue weighted by Crippen LogP contribution is -2.23. The first-order chi connectivity index (χ1) is 14.0. The lowest BCUT2D eigenvalue weighted by atomic mass is 10.1. The number of imidazole rings is 1. The summed E-state index contributed by atoms with van der Waals surface area (Å²) < 4.78 is 13.1. The van der Waals surface area contributed by atoms with Gasteiger partial charge in [-0.2, -0.15) is 0 Å². The van der Waals surface area contributed by atoms with E-state index in [1.54, 1.807) is 12.3 Å². The van der Waals surface area contributed by atoms with Gasteiger partial charge in [0, 0.05) is 29.8 Å². The third-order valence-electron chi connectivity index (χ3n) is 4.84. The Hall–Kier alpha value is -2.93. The van der Waals surface area contributed by atoms with Gasteiger partial charge >= 0.3 is 0 Å². The molecule has 29 heavy (non-hydrogen) atoms. The van der Waals surface area contributed by atoms with Crippen molar-refractivity contribution in [2.75, 3.05) is 18.5 Å². The molecular formula is C22H23N3O3S. The van der Waals surface area contributed by atoms with E-state index < -0.39 is 0 Å². The van der Waals surface area contributed by atoms with Crippen LogP contribution in [0.1, 0.15) is 18.1 Å². The molecule has 0 fully saturated rings. The molecule has 0 spiro atoms. The minimum atomic E-state index is -0.323. The quantitative estimate of drug-likeness (QED) is 0.634. The highest BCUT2D eigenvalue weighted by molar-refractivity contribution is 8.00. The second-order valence-electron chi connectivity index (χ2n) is 6.96. The number of nitrogens with one attached hydrogen (secondary N) is 1.